The van der Waals surface area contributed by atoms with Crippen molar-refractivity contribution >= 4 is 6.03 Å². The van der Waals surface area contributed by atoms with Gasteiger partial charge in [0.15, 0.2) is 11.5 Å². The minimum Gasteiger partial charge on any atom is -0.493 e. The van der Waals surface area contributed by atoms with E-state index in [1.165, 1.54) is 5.56 Å². The van der Waals surface area contributed by atoms with Gasteiger partial charge in [-0.3, -0.25) is 0 Å². The zero-order valence-corrected chi connectivity index (χ0v) is 15.9. The van der Waals surface area contributed by atoms with E-state index >= 15 is 0 Å². The Morgan fingerprint density at radius 2 is 1.77 bits per heavy atom. The van der Waals surface area contributed by atoms with Crippen LogP contribution in [0.1, 0.15) is 37.9 Å². The van der Waals surface area contributed by atoms with Crippen LogP contribution in [0, 0.1) is 0 Å². The number of benzene rings is 2. The second-order valence-corrected chi connectivity index (χ2v) is 6.43. The van der Waals surface area contributed by atoms with Crippen LogP contribution in [0.4, 0.5) is 4.79 Å². The summed E-state index contributed by atoms with van der Waals surface area (Å²) in [7, 11) is 1.61. The lowest BCUT2D eigenvalue weighted by atomic mass is 10.1. The average molecular weight is 356 g/mol. The van der Waals surface area contributed by atoms with Gasteiger partial charge in [-0.1, -0.05) is 36.4 Å². The van der Waals surface area contributed by atoms with Gasteiger partial charge in [0, 0.05) is 6.54 Å². The smallest absolute Gasteiger partial charge is 0.315 e. The first-order chi connectivity index (χ1) is 12.5. The van der Waals surface area contributed by atoms with Gasteiger partial charge in [0.2, 0.25) is 0 Å². The molecule has 2 rings (SSSR count). The van der Waals surface area contributed by atoms with Gasteiger partial charge in [0.05, 0.1) is 19.3 Å². The van der Waals surface area contributed by atoms with E-state index in [0.29, 0.717) is 18.0 Å². The third-order valence-corrected chi connectivity index (χ3v) is 3.94. The monoisotopic (exact) mass is 356 g/mol. The molecule has 2 N–H and O–H groups in total. The second-order valence-electron chi connectivity index (χ2n) is 6.43. The molecule has 5 nitrogen and oxygen atoms in total. The van der Waals surface area contributed by atoms with Crippen LogP contribution in [-0.4, -0.2) is 25.8 Å². The summed E-state index contributed by atoms with van der Waals surface area (Å²) in [6, 6.07) is 15.5. The van der Waals surface area contributed by atoms with Crippen LogP contribution in [0.3, 0.4) is 0 Å². The fourth-order valence-corrected chi connectivity index (χ4v) is 2.60. The Bertz CT molecular complexity index is 702. The summed E-state index contributed by atoms with van der Waals surface area (Å²) in [5.74, 6) is 1.36. The molecule has 5 heteroatoms. The molecule has 0 radical (unpaired) electrons. The number of hydrogen-bond acceptors (Lipinski definition) is 3. The van der Waals surface area contributed by atoms with Crippen LogP contribution in [0.2, 0.25) is 0 Å². The van der Waals surface area contributed by atoms with Crippen molar-refractivity contribution in [2.45, 2.75) is 39.3 Å². The predicted molar refractivity (Wildman–Crippen MR) is 104 cm³/mol. The first-order valence-corrected chi connectivity index (χ1v) is 8.92. The lowest BCUT2D eigenvalue weighted by Gasteiger charge is -2.18. The molecule has 2 aromatic carbocycles. The molecule has 0 aromatic heterocycles. The van der Waals surface area contributed by atoms with Gasteiger partial charge in [0.25, 0.3) is 0 Å². The van der Waals surface area contributed by atoms with Gasteiger partial charge in [-0.2, -0.15) is 0 Å². The number of amides is 2. The number of carbonyl (C=O) groups is 1. The highest BCUT2D eigenvalue weighted by Crippen LogP contribution is 2.31. The van der Waals surface area contributed by atoms with Crippen molar-refractivity contribution in [3.8, 4) is 11.5 Å². The van der Waals surface area contributed by atoms with Crippen molar-refractivity contribution < 1.29 is 14.3 Å². The largest absolute Gasteiger partial charge is 0.493 e. The maximum Gasteiger partial charge on any atom is 0.315 e. The Morgan fingerprint density at radius 1 is 1.04 bits per heavy atom. The summed E-state index contributed by atoms with van der Waals surface area (Å²) in [6.45, 7) is 6.47. The lowest BCUT2D eigenvalue weighted by Crippen LogP contribution is -2.38. The molecule has 0 bridgehead atoms. The first kappa shape index (κ1) is 19.6. The van der Waals surface area contributed by atoms with Crippen molar-refractivity contribution in [2.75, 3.05) is 13.7 Å². The molecule has 0 aliphatic rings. The van der Waals surface area contributed by atoms with Gasteiger partial charge in [0.1, 0.15) is 0 Å². The molecular weight excluding hydrogens is 328 g/mol. The molecule has 0 spiro atoms. The molecule has 26 heavy (non-hydrogen) atoms. The van der Waals surface area contributed by atoms with Crippen molar-refractivity contribution in [3.05, 3.63) is 59.7 Å². The van der Waals surface area contributed by atoms with Gasteiger partial charge in [-0.05, 0) is 50.5 Å². The maximum absolute atomic E-state index is 12.1. The molecule has 2 amide bonds. The quantitative estimate of drug-likeness (QED) is 0.749. The molecule has 0 saturated heterocycles. The summed E-state index contributed by atoms with van der Waals surface area (Å²) in [6.07, 6.45) is 0.873. The Kier molecular flexibility index (Phi) is 7.33. The fraction of sp³-hybridized carbons (Fsp3) is 0.381. The lowest BCUT2D eigenvalue weighted by molar-refractivity contribution is 0.230. The van der Waals surface area contributed by atoms with E-state index in [9.17, 15) is 4.79 Å². The molecule has 140 valence electrons. The number of carbonyl (C=O) groups excluding carboxylic acids is 1. The number of hydrogen-bond donors (Lipinski definition) is 2. The highest BCUT2D eigenvalue weighted by molar-refractivity contribution is 5.74. The average Bonchev–Trinajstić information content (AvgIpc) is 2.62. The van der Waals surface area contributed by atoms with Crippen LogP contribution in [0.15, 0.2) is 48.5 Å². The van der Waals surface area contributed by atoms with E-state index in [0.717, 1.165) is 12.0 Å². The van der Waals surface area contributed by atoms with Crippen molar-refractivity contribution in [3.63, 3.8) is 0 Å². The molecule has 1 atom stereocenters. The van der Waals surface area contributed by atoms with Crippen LogP contribution in [0.5, 0.6) is 11.5 Å². The normalized spacial score (nSPS) is 11.7. The van der Waals surface area contributed by atoms with E-state index in [-0.39, 0.29) is 18.2 Å². The number of ether oxygens (including phenoxy) is 2. The van der Waals surface area contributed by atoms with Gasteiger partial charge in [-0.15, -0.1) is 0 Å². The van der Waals surface area contributed by atoms with Crippen LogP contribution >= 0.6 is 0 Å². The Morgan fingerprint density at radius 3 is 2.42 bits per heavy atom. The van der Waals surface area contributed by atoms with Crippen LogP contribution in [0.25, 0.3) is 0 Å². The Balaban J connectivity index is 1.87. The molecule has 0 aliphatic heterocycles. The molecule has 0 fully saturated rings. The van der Waals surface area contributed by atoms with Crippen molar-refractivity contribution in [2.24, 2.45) is 0 Å². The third-order valence-electron chi connectivity index (χ3n) is 3.94. The summed E-state index contributed by atoms with van der Waals surface area (Å²) >= 11 is 0. The number of urea groups is 1. The zero-order chi connectivity index (χ0) is 18.9. The van der Waals surface area contributed by atoms with Crippen molar-refractivity contribution in [1.29, 1.82) is 0 Å². The van der Waals surface area contributed by atoms with Gasteiger partial charge in [-0.25, -0.2) is 4.79 Å². The van der Waals surface area contributed by atoms with Gasteiger partial charge < -0.3 is 20.1 Å². The van der Waals surface area contributed by atoms with E-state index in [1.807, 2.05) is 57.2 Å². The molecular formula is C21H28N2O3. The summed E-state index contributed by atoms with van der Waals surface area (Å²) in [4.78, 5) is 12.1. The zero-order valence-electron chi connectivity index (χ0n) is 15.9. The number of nitrogens with one attached hydrogen (secondary N) is 2. The van der Waals surface area contributed by atoms with E-state index in [4.69, 9.17) is 9.47 Å². The summed E-state index contributed by atoms with van der Waals surface area (Å²) in [5, 5.41) is 5.84. The molecule has 0 heterocycles. The van der Waals surface area contributed by atoms with E-state index in [1.54, 1.807) is 7.11 Å². The van der Waals surface area contributed by atoms with E-state index in [2.05, 4.69) is 22.8 Å². The molecule has 0 aliphatic carbocycles. The van der Waals surface area contributed by atoms with Crippen LogP contribution < -0.4 is 20.1 Å². The molecule has 2 aromatic rings. The highest BCUT2D eigenvalue weighted by atomic mass is 16.5. The highest BCUT2D eigenvalue weighted by Gasteiger charge is 2.13. The van der Waals surface area contributed by atoms with Crippen molar-refractivity contribution in [1.82, 2.24) is 10.6 Å². The number of rotatable bonds is 8. The first-order valence-electron chi connectivity index (χ1n) is 8.92. The number of methoxy groups -OCH3 is 1. The summed E-state index contributed by atoms with van der Waals surface area (Å²) < 4.78 is 11.1. The van der Waals surface area contributed by atoms with Crippen LogP contribution in [-0.2, 0) is 6.42 Å². The SMILES string of the molecule is COc1cc(C(C)NC(=O)NCCc2ccccc2)ccc1OC(C)C. The molecule has 1 unspecified atom stereocenters. The molecule has 0 saturated carbocycles. The maximum atomic E-state index is 12.1. The Labute approximate surface area is 155 Å². The van der Waals surface area contributed by atoms with Gasteiger partial charge >= 0.3 is 6.03 Å². The standard InChI is InChI=1S/C21H28N2O3/c1-15(2)26-19-11-10-18(14-20(19)25-4)16(3)23-21(24)22-13-12-17-8-6-5-7-9-17/h5-11,14-16H,12-13H2,1-4H3,(H2,22,23,24). The fourth-order valence-electron chi connectivity index (χ4n) is 2.60. The van der Waals surface area contributed by atoms with E-state index < -0.39 is 0 Å². The Hall–Kier alpha value is -2.69. The third kappa shape index (κ3) is 5.99. The predicted octanol–water partition coefficient (Wildman–Crippen LogP) is 4.09. The minimum absolute atomic E-state index is 0.0701. The topological polar surface area (TPSA) is 59.6 Å². The second kappa shape index (κ2) is 9.70. The summed E-state index contributed by atoms with van der Waals surface area (Å²) in [5.41, 5.74) is 2.16. The minimum atomic E-state index is -0.185.